The fraction of sp³-hybridized carbons (Fsp3) is 0.417. The van der Waals surface area contributed by atoms with E-state index in [2.05, 4.69) is 5.32 Å². The van der Waals surface area contributed by atoms with E-state index in [0.717, 1.165) is 6.42 Å². The summed E-state index contributed by atoms with van der Waals surface area (Å²) in [5.74, 6) is 0.417. The number of nitrogens with one attached hydrogen (secondary N) is 1. The molecule has 94 valence electrons. The van der Waals surface area contributed by atoms with Crippen molar-refractivity contribution in [3.63, 3.8) is 0 Å². The minimum Gasteiger partial charge on any atom is -0.484 e. The third-order valence-corrected chi connectivity index (χ3v) is 2.48. The molecule has 0 aliphatic carbocycles. The lowest BCUT2D eigenvalue weighted by molar-refractivity contribution is -0.123. The van der Waals surface area contributed by atoms with E-state index in [1.807, 2.05) is 6.92 Å². The smallest absolute Gasteiger partial charge is 0.257 e. The van der Waals surface area contributed by atoms with Gasteiger partial charge in [0.15, 0.2) is 6.61 Å². The Hall–Kier alpha value is -0.930. The quantitative estimate of drug-likeness (QED) is 0.811. The van der Waals surface area contributed by atoms with Crippen LogP contribution >= 0.6 is 23.2 Å². The zero-order valence-electron chi connectivity index (χ0n) is 9.58. The zero-order chi connectivity index (χ0) is 12.7. The molecule has 0 saturated heterocycles. The van der Waals surface area contributed by atoms with E-state index >= 15 is 0 Å². The van der Waals surface area contributed by atoms with Gasteiger partial charge in [0.05, 0.1) is 0 Å². The highest BCUT2D eigenvalue weighted by molar-refractivity contribution is 6.30. The monoisotopic (exact) mass is 275 g/mol. The van der Waals surface area contributed by atoms with Crippen LogP contribution in [-0.2, 0) is 4.79 Å². The predicted octanol–water partition coefficient (Wildman–Crippen LogP) is 2.85. The molecule has 1 unspecified atom stereocenters. The summed E-state index contributed by atoms with van der Waals surface area (Å²) in [6, 6.07) is 6.93. The van der Waals surface area contributed by atoms with Crippen LogP contribution in [0.2, 0.25) is 5.02 Å². The van der Waals surface area contributed by atoms with E-state index in [9.17, 15) is 4.79 Å². The zero-order valence-corrected chi connectivity index (χ0v) is 11.1. The lowest BCUT2D eigenvalue weighted by Crippen LogP contribution is -2.30. The Balaban J connectivity index is 2.24. The van der Waals surface area contributed by atoms with Gasteiger partial charge in [-0.1, -0.05) is 17.7 Å². The standard InChI is InChI=1S/C12H15Cl2NO2/c1-9(13)5-6-15-12(16)8-17-11-4-2-3-10(14)7-11/h2-4,7,9H,5-6,8H2,1H3,(H,15,16). The normalized spacial score (nSPS) is 11.9. The van der Waals surface area contributed by atoms with Gasteiger partial charge in [-0.25, -0.2) is 0 Å². The van der Waals surface area contributed by atoms with Crippen molar-refractivity contribution in [1.29, 1.82) is 0 Å². The van der Waals surface area contributed by atoms with Crippen LogP contribution in [-0.4, -0.2) is 24.4 Å². The average Bonchev–Trinajstić information content (AvgIpc) is 2.26. The second-order valence-electron chi connectivity index (χ2n) is 3.67. The Labute approximate surface area is 111 Å². The SMILES string of the molecule is CC(Cl)CCNC(=O)COc1cccc(Cl)c1. The van der Waals surface area contributed by atoms with Gasteiger partial charge in [-0.3, -0.25) is 4.79 Å². The number of rotatable bonds is 6. The summed E-state index contributed by atoms with van der Waals surface area (Å²) in [5.41, 5.74) is 0. The van der Waals surface area contributed by atoms with E-state index in [1.54, 1.807) is 24.3 Å². The van der Waals surface area contributed by atoms with Gasteiger partial charge in [0.2, 0.25) is 0 Å². The largest absolute Gasteiger partial charge is 0.484 e. The van der Waals surface area contributed by atoms with Gasteiger partial charge in [0, 0.05) is 16.9 Å². The Morgan fingerprint density at radius 1 is 1.53 bits per heavy atom. The number of carbonyl (C=O) groups is 1. The molecular weight excluding hydrogens is 261 g/mol. The van der Waals surface area contributed by atoms with Gasteiger partial charge in [0.1, 0.15) is 5.75 Å². The first kappa shape index (κ1) is 14.1. The van der Waals surface area contributed by atoms with Crippen molar-refractivity contribution in [3.05, 3.63) is 29.3 Å². The third-order valence-electron chi connectivity index (χ3n) is 2.03. The first-order chi connectivity index (χ1) is 8.08. The number of ether oxygens (including phenoxy) is 1. The molecule has 0 fully saturated rings. The predicted molar refractivity (Wildman–Crippen MR) is 69.9 cm³/mol. The average molecular weight is 276 g/mol. The molecule has 0 radical (unpaired) electrons. The van der Waals surface area contributed by atoms with Gasteiger partial charge in [-0.05, 0) is 31.5 Å². The highest BCUT2D eigenvalue weighted by atomic mass is 35.5. The minimum absolute atomic E-state index is 0.0169. The second-order valence-corrected chi connectivity index (χ2v) is 4.85. The molecule has 0 heterocycles. The van der Waals surface area contributed by atoms with E-state index in [1.165, 1.54) is 0 Å². The summed E-state index contributed by atoms with van der Waals surface area (Å²) in [5, 5.41) is 3.36. The number of hydrogen-bond acceptors (Lipinski definition) is 2. The summed E-state index contributed by atoms with van der Waals surface area (Å²) in [6.07, 6.45) is 0.741. The molecule has 1 N–H and O–H groups in total. The molecule has 0 saturated carbocycles. The van der Waals surface area contributed by atoms with Crippen molar-refractivity contribution in [2.75, 3.05) is 13.2 Å². The number of alkyl halides is 1. The lowest BCUT2D eigenvalue weighted by Gasteiger charge is -2.08. The molecule has 0 aliphatic heterocycles. The third kappa shape index (κ3) is 6.39. The molecule has 0 bridgehead atoms. The molecule has 1 aromatic rings. The van der Waals surface area contributed by atoms with Crippen LogP contribution in [0.15, 0.2) is 24.3 Å². The minimum atomic E-state index is -0.165. The van der Waals surface area contributed by atoms with Crippen LogP contribution in [0, 0.1) is 0 Å². The summed E-state index contributed by atoms with van der Waals surface area (Å²) in [6.45, 7) is 2.43. The van der Waals surface area contributed by atoms with Crippen LogP contribution < -0.4 is 10.1 Å². The molecular formula is C12H15Cl2NO2. The Kier molecular flexibility index (Phi) is 6.16. The molecule has 17 heavy (non-hydrogen) atoms. The lowest BCUT2D eigenvalue weighted by atomic mass is 10.3. The fourth-order valence-corrected chi connectivity index (χ4v) is 1.46. The Bertz CT molecular complexity index is 369. The molecule has 3 nitrogen and oxygen atoms in total. The number of carbonyl (C=O) groups excluding carboxylic acids is 1. The maximum absolute atomic E-state index is 11.4. The molecule has 1 rings (SSSR count). The van der Waals surface area contributed by atoms with Crippen LogP contribution in [0.4, 0.5) is 0 Å². The summed E-state index contributed by atoms with van der Waals surface area (Å²) in [4.78, 5) is 11.4. The number of benzene rings is 1. The van der Waals surface area contributed by atoms with Crippen molar-refractivity contribution >= 4 is 29.1 Å². The van der Waals surface area contributed by atoms with Crippen LogP contribution in [0.3, 0.4) is 0 Å². The van der Waals surface area contributed by atoms with Gasteiger partial charge < -0.3 is 10.1 Å². The van der Waals surface area contributed by atoms with Crippen molar-refractivity contribution < 1.29 is 9.53 Å². The van der Waals surface area contributed by atoms with Gasteiger partial charge in [-0.15, -0.1) is 11.6 Å². The summed E-state index contributed by atoms with van der Waals surface area (Å²) >= 11 is 11.5. The van der Waals surface area contributed by atoms with Crippen molar-refractivity contribution in [3.8, 4) is 5.75 Å². The molecule has 0 aromatic heterocycles. The first-order valence-electron chi connectivity index (χ1n) is 5.37. The summed E-state index contributed by atoms with van der Waals surface area (Å²) < 4.78 is 5.28. The molecule has 5 heteroatoms. The highest BCUT2D eigenvalue weighted by Gasteiger charge is 2.03. The second kappa shape index (κ2) is 7.41. The van der Waals surface area contributed by atoms with Crippen LogP contribution in [0.25, 0.3) is 0 Å². The van der Waals surface area contributed by atoms with E-state index < -0.39 is 0 Å². The topological polar surface area (TPSA) is 38.3 Å². The molecule has 0 aliphatic rings. The maximum Gasteiger partial charge on any atom is 0.257 e. The highest BCUT2D eigenvalue weighted by Crippen LogP contribution is 2.16. The van der Waals surface area contributed by atoms with Crippen molar-refractivity contribution in [2.24, 2.45) is 0 Å². The fourth-order valence-electron chi connectivity index (χ4n) is 1.17. The number of amides is 1. The Morgan fingerprint density at radius 3 is 2.94 bits per heavy atom. The molecule has 1 amide bonds. The maximum atomic E-state index is 11.4. The molecule has 0 spiro atoms. The van der Waals surface area contributed by atoms with Crippen LogP contribution in [0.1, 0.15) is 13.3 Å². The van der Waals surface area contributed by atoms with E-state index in [4.69, 9.17) is 27.9 Å². The van der Waals surface area contributed by atoms with Gasteiger partial charge in [0.25, 0.3) is 5.91 Å². The molecule has 1 aromatic carbocycles. The number of hydrogen-bond donors (Lipinski definition) is 1. The summed E-state index contributed by atoms with van der Waals surface area (Å²) in [7, 11) is 0. The van der Waals surface area contributed by atoms with Crippen molar-refractivity contribution in [2.45, 2.75) is 18.7 Å². The Morgan fingerprint density at radius 2 is 2.29 bits per heavy atom. The number of halogens is 2. The van der Waals surface area contributed by atoms with Gasteiger partial charge >= 0.3 is 0 Å². The first-order valence-corrected chi connectivity index (χ1v) is 6.18. The van der Waals surface area contributed by atoms with Crippen molar-refractivity contribution in [1.82, 2.24) is 5.32 Å². The molecule has 1 atom stereocenters. The van der Waals surface area contributed by atoms with Crippen LogP contribution in [0.5, 0.6) is 5.75 Å². The van der Waals surface area contributed by atoms with Gasteiger partial charge in [-0.2, -0.15) is 0 Å². The van der Waals surface area contributed by atoms with E-state index in [0.29, 0.717) is 17.3 Å². The van der Waals surface area contributed by atoms with E-state index in [-0.39, 0.29) is 17.9 Å².